The standard InChI is InChI=1S/C20H25Cl2N3O4S/c1-20(2)16(19(28)29)25-17(27)15(18(25)30-20)23-14(26)11-12-3-5-13(6-4-12)24(9-7-21)10-8-22/h3-6,15-16,18H,7-11H2,1-2H3,(H,23,26)(H,28,29)/t15-,16+,18-/m1/s1. The minimum atomic E-state index is -1.02. The number of alkyl halides is 2. The molecular formula is C20H25Cl2N3O4S. The summed E-state index contributed by atoms with van der Waals surface area (Å²) in [5.41, 5.74) is 1.80. The van der Waals surface area contributed by atoms with Gasteiger partial charge in [0.25, 0.3) is 0 Å². The van der Waals surface area contributed by atoms with Crippen LogP contribution in [0.4, 0.5) is 5.69 Å². The molecule has 2 aliphatic heterocycles. The Morgan fingerprint density at radius 2 is 1.80 bits per heavy atom. The fraction of sp³-hybridized carbons (Fsp3) is 0.550. The van der Waals surface area contributed by atoms with Gasteiger partial charge in [0.15, 0.2) is 0 Å². The van der Waals surface area contributed by atoms with Crippen molar-refractivity contribution in [2.75, 3.05) is 29.7 Å². The largest absolute Gasteiger partial charge is 0.480 e. The zero-order valence-electron chi connectivity index (χ0n) is 16.8. The third kappa shape index (κ3) is 4.50. The van der Waals surface area contributed by atoms with E-state index >= 15 is 0 Å². The van der Waals surface area contributed by atoms with Crippen LogP contribution >= 0.6 is 35.0 Å². The number of amides is 2. The second-order valence-corrected chi connectivity index (χ2v) is 10.4. The van der Waals surface area contributed by atoms with E-state index in [0.29, 0.717) is 24.8 Å². The lowest BCUT2D eigenvalue weighted by atomic mass is 9.96. The van der Waals surface area contributed by atoms with E-state index < -0.39 is 22.8 Å². The van der Waals surface area contributed by atoms with Gasteiger partial charge in [-0.1, -0.05) is 12.1 Å². The molecule has 0 bridgehead atoms. The van der Waals surface area contributed by atoms with Gasteiger partial charge < -0.3 is 20.2 Å². The van der Waals surface area contributed by atoms with E-state index in [-0.39, 0.29) is 23.6 Å². The Balaban J connectivity index is 1.59. The summed E-state index contributed by atoms with van der Waals surface area (Å²) < 4.78 is -0.612. The van der Waals surface area contributed by atoms with Crippen LogP contribution in [0.5, 0.6) is 0 Å². The molecule has 2 heterocycles. The van der Waals surface area contributed by atoms with Crippen LogP contribution in [-0.4, -0.2) is 74.8 Å². The van der Waals surface area contributed by atoms with Crippen molar-refractivity contribution in [3.05, 3.63) is 29.8 Å². The maximum atomic E-state index is 12.5. The first-order valence-corrected chi connectivity index (χ1v) is 11.6. The molecule has 2 amide bonds. The molecule has 2 N–H and O–H groups in total. The molecule has 0 aliphatic carbocycles. The smallest absolute Gasteiger partial charge is 0.327 e. The summed E-state index contributed by atoms with van der Waals surface area (Å²) in [6, 6.07) is 6.01. The highest BCUT2D eigenvalue weighted by molar-refractivity contribution is 8.01. The number of fused-ring (bicyclic) bond motifs is 1. The molecule has 2 saturated heterocycles. The lowest BCUT2D eigenvalue weighted by Crippen LogP contribution is -2.70. The number of anilines is 1. The molecule has 3 atom stereocenters. The number of carbonyl (C=O) groups is 3. The Kier molecular flexibility index (Phi) is 7.09. The highest BCUT2D eigenvalue weighted by Gasteiger charge is 2.64. The van der Waals surface area contributed by atoms with E-state index in [9.17, 15) is 19.5 Å². The second-order valence-electron chi connectivity index (χ2n) is 7.85. The van der Waals surface area contributed by atoms with E-state index in [2.05, 4.69) is 10.2 Å². The van der Waals surface area contributed by atoms with E-state index in [1.165, 1.54) is 16.7 Å². The number of halogens is 2. The van der Waals surface area contributed by atoms with Crippen molar-refractivity contribution in [1.82, 2.24) is 10.2 Å². The molecule has 7 nitrogen and oxygen atoms in total. The molecule has 2 aliphatic rings. The number of nitrogens with one attached hydrogen (secondary N) is 1. The number of carboxylic acids is 1. The highest BCUT2D eigenvalue weighted by Crippen LogP contribution is 2.50. The average molecular weight is 474 g/mol. The normalized spacial score (nSPS) is 24.2. The van der Waals surface area contributed by atoms with Gasteiger partial charge in [0, 0.05) is 35.3 Å². The van der Waals surface area contributed by atoms with Crippen molar-refractivity contribution in [3.8, 4) is 0 Å². The SMILES string of the molecule is CC1(C)S[C@@H]2[C@H](NC(=O)Cc3ccc(N(CCCl)CCCl)cc3)C(=O)N2[C@H]1C(=O)O. The van der Waals surface area contributed by atoms with Crippen LogP contribution < -0.4 is 10.2 Å². The lowest BCUT2D eigenvalue weighted by molar-refractivity contribution is -0.161. The summed E-state index contributed by atoms with van der Waals surface area (Å²) in [5, 5.41) is 11.9. The minimum Gasteiger partial charge on any atom is -0.480 e. The maximum Gasteiger partial charge on any atom is 0.327 e. The molecule has 164 valence electrons. The Morgan fingerprint density at radius 1 is 1.20 bits per heavy atom. The number of rotatable bonds is 9. The van der Waals surface area contributed by atoms with Crippen LogP contribution in [0.1, 0.15) is 19.4 Å². The third-order valence-electron chi connectivity index (χ3n) is 5.37. The van der Waals surface area contributed by atoms with Crippen molar-refractivity contribution < 1.29 is 19.5 Å². The molecular weight excluding hydrogens is 449 g/mol. The fourth-order valence-corrected chi connectivity index (χ4v) is 5.99. The van der Waals surface area contributed by atoms with Crippen LogP contribution in [0.15, 0.2) is 24.3 Å². The third-order valence-corrected chi connectivity index (χ3v) is 7.28. The van der Waals surface area contributed by atoms with Crippen molar-refractivity contribution in [2.24, 2.45) is 0 Å². The van der Waals surface area contributed by atoms with Gasteiger partial charge in [-0.05, 0) is 31.5 Å². The first-order valence-electron chi connectivity index (χ1n) is 9.67. The molecule has 0 aromatic heterocycles. The zero-order chi connectivity index (χ0) is 22.1. The van der Waals surface area contributed by atoms with Gasteiger partial charge in [0.05, 0.1) is 6.42 Å². The molecule has 1 aromatic rings. The topological polar surface area (TPSA) is 90.0 Å². The van der Waals surface area contributed by atoms with E-state index in [1.807, 2.05) is 24.3 Å². The molecule has 0 unspecified atom stereocenters. The number of carbonyl (C=O) groups excluding carboxylic acids is 2. The summed E-state index contributed by atoms with van der Waals surface area (Å²) in [6.45, 7) is 4.97. The van der Waals surface area contributed by atoms with Crippen LogP contribution in [0.3, 0.4) is 0 Å². The molecule has 0 saturated carbocycles. The van der Waals surface area contributed by atoms with E-state index in [0.717, 1.165) is 11.3 Å². The van der Waals surface area contributed by atoms with Crippen LogP contribution in [0.2, 0.25) is 0 Å². The van der Waals surface area contributed by atoms with Gasteiger partial charge in [0.2, 0.25) is 11.8 Å². The summed E-state index contributed by atoms with van der Waals surface area (Å²) in [6.07, 6.45) is 0.137. The molecule has 10 heteroatoms. The summed E-state index contributed by atoms with van der Waals surface area (Å²) in [5.74, 6) is -0.646. The molecule has 0 radical (unpaired) electrons. The van der Waals surface area contributed by atoms with Crippen molar-refractivity contribution in [1.29, 1.82) is 0 Å². The van der Waals surface area contributed by atoms with Crippen LogP contribution in [0, 0.1) is 0 Å². The Labute approximate surface area is 190 Å². The number of nitrogens with zero attached hydrogens (tertiary/aromatic N) is 2. The predicted octanol–water partition coefficient (Wildman–Crippen LogP) is 2.14. The molecule has 1 aromatic carbocycles. The first kappa shape index (κ1) is 23.0. The number of aliphatic carboxylic acids is 1. The van der Waals surface area contributed by atoms with E-state index in [4.69, 9.17) is 23.2 Å². The first-order chi connectivity index (χ1) is 14.2. The summed E-state index contributed by atoms with van der Waals surface area (Å²) in [4.78, 5) is 40.0. The number of hydrogen-bond donors (Lipinski definition) is 2. The summed E-state index contributed by atoms with van der Waals surface area (Å²) >= 11 is 13.1. The van der Waals surface area contributed by atoms with Gasteiger partial charge in [0.1, 0.15) is 17.5 Å². The maximum absolute atomic E-state index is 12.5. The predicted molar refractivity (Wildman–Crippen MR) is 119 cm³/mol. The van der Waals surface area contributed by atoms with E-state index in [1.54, 1.807) is 13.8 Å². The fourth-order valence-electron chi connectivity index (χ4n) is 3.95. The van der Waals surface area contributed by atoms with Crippen molar-refractivity contribution in [2.45, 2.75) is 42.5 Å². The Hall–Kier alpha value is -1.64. The number of hydrogen-bond acceptors (Lipinski definition) is 5. The highest BCUT2D eigenvalue weighted by atomic mass is 35.5. The molecule has 2 fully saturated rings. The number of β-lactam (4-membered cyclic amide) rings is 1. The zero-order valence-corrected chi connectivity index (χ0v) is 19.1. The van der Waals surface area contributed by atoms with Gasteiger partial charge in [-0.2, -0.15) is 0 Å². The second kappa shape index (κ2) is 9.24. The Morgan fingerprint density at radius 3 is 2.33 bits per heavy atom. The monoisotopic (exact) mass is 473 g/mol. The van der Waals surface area contributed by atoms with Crippen molar-refractivity contribution >= 4 is 58.4 Å². The van der Waals surface area contributed by atoms with Gasteiger partial charge >= 0.3 is 5.97 Å². The van der Waals surface area contributed by atoms with Crippen LogP contribution in [0.25, 0.3) is 0 Å². The van der Waals surface area contributed by atoms with Crippen molar-refractivity contribution in [3.63, 3.8) is 0 Å². The molecule has 30 heavy (non-hydrogen) atoms. The number of thioether (sulfide) groups is 1. The van der Waals surface area contributed by atoms with Gasteiger partial charge in [-0.15, -0.1) is 35.0 Å². The lowest BCUT2D eigenvalue weighted by Gasteiger charge is -2.43. The van der Waals surface area contributed by atoms with Crippen LogP contribution in [-0.2, 0) is 20.8 Å². The van der Waals surface area contributed by atoms with Gasteiger partial charge in [-0.3, -0.25) is 9.59 Å². The average Bonchev–Trinajstić information content (AvgIpc) is 2.95. The van der Waals surface area contributed by atoms with Gasteiger partial charge in [-0.25, -0.2) is 4.79 Å². The summed E-state index contributed by atoms with van der Waals surface area (Å²) in [7, 11) is 0. The quantitative estimate of drug-likeness (QED) is 0.421. The number of carboxylic acid groups (broad SMARTS) is 1. The molecule has 3 rings (SSSR count). The number of benzene rings is 1. The minimum absolute atomic E-state index is 0.137. The molecule has 0 spiro atoms. The Bertz CT molecular complexity index is 815.